The van der Waals surface area contributed by atoms with Crippen LogP contribution >= 0.6 is 0 Å². The van der Waals surface area contributed by atoms with Crippen molar-refractivity contribution in [2.75, 3.05) is 20.2 Å². The summed E-state index contributed by atoms with van der Waals surface area (Å²) in [5.74, 6) is 0.0371. The number of ether oxygens (including phenoxy) is 1. The minimum atomic E-state index is -0.300. The van der Waals surface area contributed by atoms with E-state index in [0.29, 0.717) is 12.4 Å². The molecule has 0 saturated heterocycles. The lowest BCUT2D eigenvalue weighted by Crippen LogP contribution is -2.32. The first-order valence-corrected chi connectivity index (χ1v) is 5.48. The van der Waals surface area contributed by atoms with Gasteiger partial charge >= 0.3 is 0 Å². The van der Waals surface area contributed by atoms with Crippen molar-refractivity contribution in [2.45, 2.75) is 20.8 Å². The maximum atomic E-state index is 13.4. The zero-order valence-corrected chi connectivity index (χ0v) is 10.4. The van der Waals surface area contributed by atoms with Crippen molar-refractivity contribution >= 4 is 0 Å². The summed E-state index contributed by atoms with van der Waals surface area (Å²) in [7, 11) is 1.90. The van der Waals surface area contributed by atoms with E-state index in [4.69, 9.17) is 4.74 Å². The van der Waals surface area contributed by atoms with Gasteiger partial charge in [-0.15, -0.1) is 0 Å². The summed E-state index contributed by atoms with van der Waals surface area (Å²) in [6.45, 7) is 7.41. The molecule has 0 amide bonds. The Morgan fingerprint density at radius 1 is 1.38 bits per heavy atom. The third kappa shape index (κ3) is 3.81. The Labute approximate surface area is 96.8 Å². The van der Waals surface area contributed by atoms with Gasteiger partial charge in [0.25, 0.3) is 0 Å². The van der Waals surface area contributed by atoms with Crippen molar-refractivity contribution in [1.29, 1.82) is 0 Å². The molecule has 0 aromatic heterocycles. The molecule has 0 aliphatic carbocycles. The molecule has 0 fully saturated rings. The smallest absolute Gasteiger partial charge is 0.165 e. The number of hydrogen-bond acceptors (Lipinski definition) is 2. The van der Waals surface area contributed by atoms with Crippen LogP contribution in [0.15, 0.2) is 18.2 Å². The summed E-state index contributed by atoms with van der Waals surface area (Å²) in [5.41, 5.74) is 0.994. The molecule has 0 atom stereocenters. The largest absolute Gasteiger partial charge is 0.490 e. The average Bonchev–Trinajstić information content (AvgIpc) is 2.19. The summed E-state index contributed by atoms with van der Waals surface area (Å²) in [5, 5.41) is 3.10. The fourth-order valence-corrected chi connectivity index (χ4v) is 1.52. The number of rotatable bonds is 5. The molecule has 0 unspecified atom stereocenters. The van der Waals surface area contributed by atoms with E-state index in [1.54, 1.807) is 12.1 Å². The lowest BCUT2D eigenvalue weighted by molar-refractivity contribution is 0.173. The first-order chi connectivity index (χ1) is 7.44. The summed E-state index contributed by atoms with van der Waals surface area (Å²) in [6.07, 6.45) is 0. The van der Waals surface area contributed by atoms with Gasteiger partial charge in [-0.1, -0.05) is 19.9 Å². The van der Waals surface area contributed by atoms with Gasteiger partial charge in [-0.2, -0.15) is 0 Å². The normalized spacial score (nSPS) is 11.6. The minimum absolute atomic E-state index is 0.00899. The van der Waals surface area contributed by atoms with Gasteiger partial charge in [0.05, 0.1) is 6.61 Å². The lowest BCUT2D eigenvalue weighted by Gasteiger charge is -2.24. The SMILES string of the molecule is CNCC(C)(C)COc1cc(C)ccc1F. The third-order valence-corrected chi connectivity index (χ3v) is 2.36. The molecule has 0 spiro atoms. The van der Waals surface area contributed by atoms with Crippen LogP contribution in [0.4, 0.5) is 4.39 Å². The average molecular weight is 225 g/mol. The van der Waals surface area contributed by atoms with Gasteiger partial charge in [-0.05, 0) is 31.7 Å². The minimum Gasteiger partial charge on any atom is -0.490 e. The maximum Gasteiger partial charge on any atom is 0.165 e. The topological polar surface area (TPSA) is 21.3 Å². The molecule has 3 heteroatoms. The molecule has 2 nitrogen and oxygen atoms in total. The van der Waals surface area contributed by atoms with Gasteiger partial charge in [0, 0.05) is 12.0 Å². The standard InChI is InChI=1S/C13H20FNO/c1-10-5-6-11(14)12(7-10)16-9-13(2,3)8-15-4/h5-7,15H,8-9H2,1-4H3. The van der Waals surface area contributed by atoms with Gasteiger partial charge < -0.3 is 10.1 Å². The van der Waals surface area contributed by atoms with Crippen LogP contribution in [0.5, 0.6) is 5.75 Å². The van der Waals surface area contributed by atoms with Crippen molar-refractivity contribution in [2.24, 2.45) is 5.41 Å². The first kappa shape index (κ1) is 13.0. The monoisotopic (exact) mass is 225 g/mol. The summed E-state index contributed by atoms with van der Waals surface area (Å²) < 4.78 is 18.9. The highest BCUT2D eigenvalue weighted by Gasteiger charge is 2.18. The Morgan fingerprint density at radius 2 is 2.06 bits per heavy atom. The second kappa shape index (κ2) is 5.30. The number of aryl methyl sites for hydroxylation is 1. The summed E-state index contributed by atoms with van der Waals surface area (Å²) in [4.78, 5) is 0. The molecule has 0 radical (unpaired) electrons. The Morgan fingerprint density at radius 3 is 2.69 bits per heavy atom. The zero-order chi connectivity index (χ0) is 12.2. The maximum absolute atomic E-state index is 13.4. The van der Waals surface area contributed by atoms with E-state index in [1.165, 1.54) is 6.07 Å². The first-order valence-electron chi connectivity index (χ1n) is 5.48. The van der Waals surface area contributed by atoms with Gasteiger partial charge in [-0.3, -0.25) is 0 Å². The van der Waals surface area contributed by atoms with Crippen LogP contribution < -0.4 is 10.1 Å². The Bertz CT molecular complexity index is 350. The van der Waals surface area contributed by atoms with Crippen molar-refractivity contribution in [3.63, 3.8) is 0 Å². The summed E-state index contributed by atoms with van der Waals surface area (Å²) in [6, 6.07) is 4.90. The molecule has 0 saturated carbocycles. The van der Waals surface area contributed by atoms with Crippen LogP contribution in [0.25, 0.3) is 0 Å². The van der Waals surface area contributed by atoms with Crippen LogP contribution in [0, 0.1) is 18.2 Å². The fraction of sp³-hybridized carbons (Fsp3) is 0.538. The third-order valence-electron chi connectivity index (χ3n) is 2.36. The highest BCUT2D eigenvalue weighted by molar-refractivity contribution is 5.29. The van der Waals surface area contributed by atoms with Gasteiger partial charge in [0.2, 0.25) is 0 Å². The van der Waals surface area contributed by atoms with Crippen LogP contribution in [0.3, 0.4) is 0 Å². The Hall–Kier alpha value is -1.09. The highest BCUT2D eigenvalue weighted by atomic mass is 19.1. The van der Waals surface area contributed by atoms with Crippen LogP contribution in [-0.4, -0.2) is 20.2 Å². The fourth-order valence-electron chi connectivity index (χ4n) is 1.52. The molecule has 16 heavy (non-hydrogen) atoms. The van der Waals surface area contributed by atoms with Crippen molar-refractivity contribution in [1.82, 2.24) is 5.32 Å². The Kier molecular flexibility index (Phi) is 4.30. The zero-order valence-electron chi connectivity index (χ0n) is 10.4. The number of benzene rings is 1. The molecule has 0 heterocycles. The molecule has 0 aliphatic rings. The summed E-state index contributed by atoms with van der Waals surface area (Å²) >= 11 is 0. The Balaban J connectivity index is 2.63. The number of hydrogen-bond donors (Lipinski definition) is 1. The van der Waals surface area contributed by atoms with Gasteiger partial charge in [0.15, 0.2) is 11.6 Å². The molecular formula is C13H20FNO. The molecule has 1 aromatic carbocycles. The predicted molar refractivity (Wildman–Crippen MR) is 64.3 cm³/mol. The van der Waals surface area contributed by atoms with Gasteiger partial charge in [-0.25, -0.2) is 4.39 Å². The van der Waals surface area contributed by atoms with Crippen molar-refractivity contribution in [3.05, 3.63) is 29.6 Å². The van der Waals surface area contributed by atoms with Crippen LogP contribution in [-0.2, 0) is 0 Å². The lowest BCUT2D eigenvalue weighted by atomic mass is 9.95. The van der Waals surface area contributed by atoms with E-state index in [1.807, 2.05) is 14.0 Å². The molecule has 0 aliphatic heterocycles. The number of halogens is 1. The van der Waals surface area contributed by atoms with Crippen LogP contribution in [0.2, 0.25) is 0 Å². The van der Waals surface area contributed by atoms with E-state index < -0.39 is 0 Å². The van der Waals surface area contributed by atoms with E-state index in [9.17, 15) is 4.39 Å². The van der Waals surface area contributed by atoms with E-state index >= 15 is 0 Å². The highest BCUT2D eigenvalue weighted by Crippen LogP contribution is 2.22. The van der Waals surface area contributed by atoms with E-state index in [-0.39, 0.29) is 11.2 Å². The quantitative estimate of drug-likeness (QED) is 0.832. The molecular weight excluding hydrogens is 205 g/mol. The van der Waals surface area contributed by atoms with Crippen molar-refractivity contribution < 1.29 is 9.13 Å². The van der Waals surface area contributed by atoms with E-state index in [0.717, 1.165) is 12.1 Å². The molecule has 1 aromatic rings. The van der Waals surface area contributed by atoms with Crippen molar-refractivity contribution in [3.8, 4) is 5.75 Å². The molecule has 1 rings (SSSR count). The number of nitrogens with one attached hydrogen (secondary N) is 1. The van der Waals surface area contributed by atoms with Gasteiger partial charge in [0.1, 0.15) is 0 Å². The molecule has 0 bridgehead atoms. The predicted octanol–water partition coefficient (Wildman–Crippen LogP) is 2.76. The second-order valence-corrected chi connectivity index (χ2v) is 4.92. The molecule has 90 valence electrons. The van der Waals surface area contributed by atoms with E-state index in [2.05, 4.69) is 19.2 Å². The second-order valence-electron chi connectivity index (χ2n) is 4.92. The molecule has 1 N–H and O–H groups in total. The van der Waals surface area contributed by atoms with Crippen LogP contribution in [0.1, 0.15) is 19.4 Å².